The van der Waals surface area contributed by atoms with Crippen LogP contribution in [0.3, 0.4) is 0 Å². The average molecular weight is 246 g/mol. The fraction of sp³-hybridized carbons (Fsp3) is 0.917. The smallest absolute Gasteiger partial charge is 0.333 e. The molecule has 0 fully saturated rings. The van der Waals surface area contributed by atoms with E-state index in [4.69, 9.17) is 9.16 Å². The molecule has 0 aliphatic heterocycles. The van der Waals surface area contributed by atoms with Crippen molar-refractivity contribution in [3.8, 4) is 0 Å². The van der Waals surface area contributed by atoms with Crippen molar-refractivity contribution in [2.24, 2.45) is 5.41 Å². The molecule has 0 aliphatic carbocycles. The molecule has 96 valence electrons. The normalized spacial score (nSPS) is 13.9. The van der Waals surface area contributed by atoms with Crippen LogP contribution in [-0.2, 0) is 14.0 Å². The highest BCUT2D eigenvalue weighted by Gasteiger charge is 2.21. The maximum absolute atomic E-state index is 11.5. The summed E-state index contributed by atoms with van der Waals surface area (Å²) in [5, 5.41) is 0. The average Bonchev–Trinajstić information content (AvgIpc) is 2.12. The van der Waals surface area contributed by atoms with Crippen LogP contribution in [0.25, 0.3) is 0 Å². The van der Waals surface area contributed by atoms with Crippen LogP contribution in [0.2, 0.25) is 13.1 Å². The molecule has 0 amide bonds. The van der Waals surface area contributed by atoms with Crippen LogP contribution in [0.5, 0.6) is 0 Å². The van der Waals surface area contributed by atoms with Gasteiger partial charge in [-0.3, -0.25) is 0 Å². The lowest BCUT2D eigenvalue weighted by Gasteiger charge is -2.21. The number of methoxy groups -OCH3 is 1. The zero-order chi connectivity index (χ0) is 12.8. The summed E-state index contributed by atoms with van der Waals surface area (Å²) in [6.45, 7) is 10.8. The summed E-state index contributed by atoms with van der Waals surface area (Å²) in [6.07, 6.45) is 2.53. The third-order valence-corrected chi connectivity index (χ3v) is 3.17. The Balaban J connectivity index is 4.07. The third kappa shape index (κ3) is 7.88. The van der Waals surface area contributed by atoms with E-state index in [1.165, 1.54) is 7.11 Å². The molecule has 3 nitrogen and oxygen atoms in total. The quantitative estimate of drug-likeness (QED) is 0.534. The minimum absolute atomic E-state index is 0.227. The topological polar surface area (TPSA) is 35.5 Å². The molecule has 0 aromatic rings. The Labute approximate surface area is 101 Å². The van der Waals surface area contributed by atoms with E-state index in [-0.39, 0.29) is 12.1 Å². The standard InChI is InChI=1S/C12H26O3Si/c1-12(2,3)9-7-8-10(11(13)14-4)15-16(5)6/h10,16H,7-9H2,1-6H3. The Morgan fingerprint density at radius 3 is 2.25 bits per heavy atom. The molecular formula is C12H26O3Si. The van der Waals surface area contributed by atoms with Gasteiger partial charge in [-0.15, -0.1) is 0 Å². The third-order valence-electron chi connectivity index (χ3n) is 2.29. The SMILES string of the molecule is COC(=O)C(CCCC(C)(C)C)O[SiH](C)C. The first-order chi connectivity index (χ1) is 7.26. The van der Waals surface area contributed by atoms with Crippen LogP contribution in [0.15, 0.2) is 0 Å². The summed E-state index contributed by atoms with van der Waals surface area (Å²) in [6, 6.07) is 0. The second kappa shape index (κ2) is 7.07. The number of carbonyl (C=O) groups is 1. The van der Waals surface area contributed by atoms with Crippen LogP contribution in [0.4, 0.5) is 0 Å². The van der Waals surface area contributed by atoms with Gasteiger partial charge in [0.2, 0.25) is 0 Å². The van der Waals surface area contributed by atoms with Crippen molar-refractivity contribution >= 4 is 15.0 Å². The monoisotopic (exact) mass is 246 g/mol. The Kier molecular flexibility index (Phi) is 6.91. The van der Waals surface area contributed by atoms with Crippen molar-refractivity contribution in [3.05, 3.63) is 0 Å². The van der Waals surface area contributed by atoms with Gasteiger partial charge in [0.25, 0.3) is 0 Å². The van der Waals surface area contributed by atoms with Gasteiger partial charge >= 0.3 is 5.97 Å². The van der Waals surface area contributed by atoms with E-state index < -0.39 is 9.04 Å². The zero-order valence-electron chi connectivity index (χ0n) is 11.5. The van der Waals surface area contributed by atoms with Gasteiger partial charge in [-0.1, -0.05) is 20.8 Å². The lowest BCUT2D eigenvalue weighted by Crippen LogP contribution is -2.30. The predicted molar refractivity (Wildman–Crippen MR) is 69.1 cm³/mol. The molecule has 0 aromatic heterocycles. The molecule has 0 bridgehead atoms. The van der Waals surface area contributed by atoms with Crippen molar-refractivity contribution < 1.29 is 14.0 Å². The van der Waals surface area contributed by atoms with Crippen LogP contribution in [-0.4, -0.2) is 28.2 Å². The van der Waals surface area contributed by atoms with Crippen molar-refractivity contribution in [2.75, 3.05) is 7.11 Å². The second-order valence-electron chi connectivity index (χ2n) is 5.65. The first-order valence-electron chi connectivity index (χ1n) is 5.99. The number of rotatable bonds is 6. The molecular weight excluding hydrogens is 220 g/mol. The molecule has 0 rings (SSSR count). The summed E-state index contributed by atoms with van der Waals surface area (Å²) in [4.78, 5) is 11.5. The first kappa shape index (κ1) is 15.6. The van der Waals surface area contributed by atoms with Crippen molar-refractivity contribution in [2.45, 2.75) is 59.2 Å². The van der Waals surface area contributed by atoms with Gasteiger partial charge in [-0.25, -0.2) is 4.79 Å². The molecule has 1 unspecified atom stereocenters. The lowest BCUT2D eigenvalue weighted by atomic mass is 9.89. The second-order valence-corrected chi connectivity index (χ2v) is 8.02. The number of esters is 1. The number of ether oxygens (including phenoxy) is 1. The molecule has 0 spiro atoms. The Morgan fingerprint density at radius 1 is 1.31 bits per heavy atom. The molecule has 16 heavy (non-hydrogen) atoms. The van der Waals surface area contributed by atoms with E-state index in [2.05, 4.69) is 33.9 Å². The molecule has 0 N–H and O–H groups in total. The van der Waals surface area contributed by atoms with Crippen molar-refractivity contribution in [1.29, 1.82) is 0 Å². The molecule has 0 heterocycles. The summed E-state index contributed by atoms with van der Waals surface area (Å²) in [7, 11) is 0.237. The van der Waals surface area contributed by atoms with Gasteiger partial charge in [-0.2, -0.15) is 0 Å². The van der Waals surface area contributed by atoms with Gasteiger partial charge in [0, 0.05) is 0 Å². The highest BCUT2D eigenvalue weighted by Crippen LogP contribution is 2.22. The number of hydrogen-bond donors (Lipinski definition) is 0. The maximum Gasteiger partial charge on any atom is 0.333 e. The summed E-state index contributed by atoms with van der Waals surface area (Å²) in [5.41, 5.74) is 0.315. The fourth-order valence-corrected chi connectivity index (χ4v) is 2.42. The first-order valence-corrected chi connectivity index (χ1v) is 8.77. The molecule has 0 saturated carbocycles. The minimum Gasteiger partial charge on any atom is -0.467 e. The van der Waals surface area contributed by atoms with Crippen molar-refractivity contribution in [3.63, 3.8) is 0 Å². The van der Waals surface area contributed by atoms with E-state index in [0.717, 1.165) is 19.3 Å². The van der Waals surface area contributed by atoms with Crippen LogP contribution in [0.1, 0.15) is 40.0 Å². The fourth-order valence-electron chi connectivity index (χ4n) is 1.52. The largest absolute Gasteiger partial charge is 0.467 e. The maximum atomic E-state index is 11.5. The molecule has 0 radical (unpaired) electrons. The molecule has 4 heteroatoms. The summed E-state index contributed by atoms with van der Waals surface area (Å²) >= 11 is 0. The summed E-state index contributed by atoms with van der Waals surface area (Å²) < 4.78 is 10.4. The van der Waals surface area contributed by atoms with E-state index in [0.29, 0.717) is 5.41 Å². The number of hydrogen-bond acceptors (Lipinski definition) is 3. The van der Waals surface area contributed by atoms with E-state index in [1.807, 2.05) is 0 Å². The Morgan fingerprint density at radius 2 is 1.88 bits per heavy atom. The van der Waals surface area contributed by atoms with Crippen molar-refractivity contribution in [1.82, 2.24) is 0 Å². The van der Waals surface area contributed by atoms with E-state index >= 15 is 0 Å². The highest BCUT2D eigenvalue weighted by molar-refractivity contribution is 6.48. The highest BCUT2D eigenvalue weighted by atomic mass is 28.3. The minimum atomic E-state index is -1.18. The molecule has 0 saturated heterocycles. The Bertz CT molecular complexity index is 209. The van der Waals surface area contributed by atoms with E-state index in [1.54, 1.807) is 0 Å². The number of carbonyl (C=O) groups excluding carboxylic acids is 1. The zero-order valence-corrected chi connectivity index (χ0v) is 12.7. The molecule has 0 aliphatic rings. The molecule has 1 atom stereocenters. The van der Waals surface area contributed by atoms with Gasteiger partial charge in [0.15, 0.2) is 9.04 Å². The predicted octanol–water partition coefficient (Wildman–Crippen LogP) is 2.74. The Hall–Kier alpha value is -0.353. The summed E-state index contributed by atoms with van der Waals surface area (Å²) in [5.74, 6) is -0.227. The van der Waals surface area contributed by atoms with Gasteiger partial charge in [0.05, 0.1) is 7.11 Å². The van der Waals surface area contributed by atoms with Crippen LogP contribution < -0.4 is 0 Å². The lowest BCUT2D eigenvalue weighted by molar-refractivity contribution is -0.149. The van der Waals surface area contributed by atoms with Gasteiger partial charge < -0.3 is 9.16 Å². The van der Waals surface area contributed by atoms with Crippen LogP contribution in [0, 0.1) is 5.41 Å². The molecule has 0 aromatic carbocycles. The van der Waals surface area contributed by atoms with Gasteiger partial charge in [0.1, 0.15) is 6.10 Å². The van der Waals surface area contributed by atoms with Crippen LogP contribution >= 0.6 is 0 Å². The van der Waals surface area contributed by atoms with E-state index in [9.17, 15) is 4.79 Å². The van der Waals surface area contributed by atoms with Gasteiger partial charge in [-0.05, 0) is 37.8 Å².